The van der Waals surface area contributed by atoms with Gasteiger partial charge in [-0.15, -0.1) is 0 Å². The van der Waals surface area contributed by atoms with Crippen LogP contribution in [0.5, 0.6) is 0 Å². The molecule has 4 heterocycles. The zero-order chi connectivity index (χ0) is 26.1. The van der Waals surface area contributed by atoms with E-state index in [-0.39, 0.29) is 17.4 Å². The normalized spacial score (nSPS) is 30.0. The Balaban J connectivity index is 1.17. The molecule has 6 heteroatoms. The molecule has 1 aromatic rings. The Labute approximate surface area is 229 Å². The van der Waals surface area contributed by atoms with Crippen LogP contribution in [-0.4, -0.2) is 71.1 Å². The van der Waals surface area contributed by atoms with Gasteiger partial charge in [0, 0.05) is 42.5 Å². The second kappa shape index (κ2) is 11.2. The third-order valence-corrected chi connectivity index (χ3v) is 10.7. The van der Waals surface area contributed by atoms with Crippen molar-refractivity contribution in [3.8, 4) is 0 Å². The monoisotopic (exact) mass is 521 g/mol. The first kappa shape index (κ1) is 26.2. The fourth-order valence-electron chi connectivity index (χ4n) is 8.71. The lowest BCUT2D eigenvalue weighted by atomic mass is 9.68. The minimum atomic E-state index is -0.0894. The molecule has 2 amide bonds. The Morgan fingerprint density at radius 2 is 1.58 bits per heavy atom. The molecule has 1 saturated carbocycles. The highest BCUT2D eigenvalue weighted by atomic mass is 16.6. The van der Waals surface area contributed by atoms with Crippen LogP contribution < -0.4 is 0 Å². The lowest BCUT2D eigenvalue weighted by Gasteiger charge is -2.50. The van der Waals surface area contributed by atoms with Gasteiger partial charge in [-0.2, -0.15) is 0 Å². The van der Waals surface area contributed by atoms with Crippen molar-refractivity contribution in [2.24, 2.45) is 5.92 Å². The SMILES string of the molecule is CCOC(=O)N1C2CCCCC1CC(N1CCC3(CC1)CN(C(=O)C1CCCC1)Cc1ccccc13)CC2. The average molecular weight is 522 g/mol. The smallest absolute Gasteiger partial charge is 0.410 e. The predicted octanol–water partition coefficient (Wildman–Crippen LogP) is 5.87. The van der Waals surface area contributed by atoms with E-state index >= 15 is 0 Å². The van der Waals surface area contributed by atoms with Crippen molar-refractivity contribution < 1.29 is 14.3 Å². The minimum absolute atomic E-state index is 0.0781. The standard InChI is InChI=1S/C32H47N3O3/c1-2-38-31(37)35-26-12-6-7-13-28(35)21-27(16-15-26)33-19-17-32(18-20-33)23-34(30(36)24-9-3-4-10-24)22-25-11-5-8-14-29(25)32/h5,8,11,14,24,26-28H,2-4,6-7,9-10,12-13,15-23H2,1H3. The van der Waals surface area contributed by atoms with Gasteiger partial charge in [-0.3, -0.25) is 4.79 Å². The Hall–Kier alpha value is -2.08. The largest absolute Gasteiger partial charge is 0.450 e. The van der Waals surface area contributed by atoms with Gasteiger partial charge in [0.15, 0.2) is 0 Å². The number of likely N-dealkylation sites (tertiary alicyclic amines) is 1. The molecule has 208 valence electrons. The summed E-state index contributed by atoms with van der Waals surface area (Å²) in [4.78, 5) is 33.6. The van der Waals surface area contributed by atoms with Crippen molar-refractivity contribution in [2.75, 3.05) is 26.2 Å². The van der Waals surface area contributed by atoms with Gasteiger partial charge in [-0.05, 0) is 88.9 Å². The second-order valence-electron chi connectivity index (χ2n) is 12.8. The van der Waals surface area contributed by atoms with E-state index in [4.69, 9.17) is 4.74 Å². The van der Waals surface area contributed by atoms with Gasteiger partial charge in [0.25, 0.3) is 0 Å². The van der Waals surface area contributed by atoms with E-state index in [0.717, 1.165) is 77.5 Å². The fraction of sp³-hybridized carbons (Fsp3) is 0.750. The average Bonchev–Trinajstić information content (AvgIpc) is 3.33. The maximum atomic E-state index is 13.5. The number of rotatable bonds is 3. The van der Waals surface area contributed by atoms with Crippen molar-refractivity contribution in [3.63, 3.8) is 0 Å². The molecule has 5 aliphatic rings. The van der Waals surface area contributed by atoms with Crippen LogP contribution in [0.15, 0.2) is 24.3 Å². The second-order valence-corrected chi connectivity index (χ2v) is 12.8. The number of hydrogen-bond acceptors (Lipinski definition) is 4. The molecule has 2 bridgehead atoms. The first-order valence-electron chi connectivity index (χ1n) is 15.6. The van der Waals surface area contributed by atoms with Gasteiger partial charge in [0.1, 0.15) is 0 Å². The van der Waals surface area contributed by atoms with Crippen LogP contribution in [0.3, 0.4) is 0 Å². The van der Waals surface area contributed by atoms with E-state index in [1.54, 1.807) is 0 Å². The summed E-state index contributed by atoms with van der Waals surface area (Å²) in [6, 6.07) is 10.1. The summed E-state index contributed by atoms with van der Waals surface area (Å²) in [5, 5.41) is 0. The van der Waals surface area contributed by atoms with Crippen molar-refractivity contribution in [3.05, 3.63) is 35.4 Å². The Morgan fingerprint density at radius 3 is 2.34 bits per heavy atom. The summed E-state index contributed by atoms with van der Waals surface area (Å²) >= 11 is 0. The van der Waals surface area contributed by atoms with Crippen LogP contribution in [0.1, 0.15) is 102 Å². The molecule has 3 atom stereocenters. The van der Waals surface area contributed by atoms with E-state index in [0.29, 0.717) is 30.6 Å². The molecule has 0 aromatic heterocycles. The van der Waals surface area contributed by atoms with Crippen molar-refractivity contribution in [2.45, 2.75) is 120 Å². The molecule has 6 rings (SSSR count). The first-order valence-corrected chi connectivity index (χ1v) is 15.6. The number of amides is 2. The summed E-state index contributed by atoms with van der Waals surface area (Å²) in [7, 11) is 0. The number of fused-ring (bicyclic) bond motifs is 4. The number of carbonyl (C=O) groups is 2. The fourth-order valence-corrected chi connectivity index (χ4v) is 8.71. The van der Waals surface area contributed by atoms with Crippen molar-refractivity contribution >= 4 is 12.0 Å². The summed E-state index contributed by atoms with van der Waals surface area (Å²) in [5.41, 5.74) is 2.94. The molecule has 1 aliphatic carbocycles. The number of ether oxygens (including phenoxy) is 1. The molecule has 0 radical (unpaired) electrons. The lowest BCUT2D eigenvalue weighted by molar-refractivity contribution is -0.138. The zero-order valence-electron chi connectivity index (χ0n) is 23.4. The summed E-state index contributed by atoms with van der Waals surface area (Å²) in [5.74, 6) is 0.652. The van der Waals surface area contributed by atoms with Gasteiger partial charge in [-0.25, -0.2) is 4.79 Å². The maximum Gasteiger partial charge on any atom is 0.410 e. The molecule has 4 aliphatic heterocycles. The van der Waals surface area contributed by atoms with E-state index in [1.165, 1.54) is 43.2 Å². The van der Waals surface area contributed by atoms with Crippen LogP contribution in [0, 0.1) is 5.92 Å². The quantitative estimate of drug-likeness (QED) is 0.499. The molecule has 1 spiro atoms. The third kappa shape index (κ3) is 4.98. The molecule has 3 saturated heterocycles. The highest BCUT2D eigenvalue weighted by Gasteiger charge is 2.46. The summed E-state index contributed by atoms with van der Waals surface area (Å²) < 4.78 is 5.53. The topological polar surface area (TPSA) is 53.1 Å². The predicted molar refractivity (Wildman–Crippen MR) is 149 cm³/mol. The molecule has 1 aromatic carbocycles. The first-order chi connectivity index (χ1) is 18.6. The van der Waals surface area contributed by atoms with Crippen LogP contribution in [0.4, 0.5) is 4.79 Å². The molecule has 4 fully saturated rings. The van der Waals surface area contributed by atoms with Crippen molar-refractivity contribution in [1.82, 2.24) is 14.7 Å². The highest BCUT2D eigenvalue weighted by molar-refractivity contribution is 5.79. The number of hydrogen-bond donors (Lipinski definition) is 0. The number of carbonyl (C=O) groups excluding carboxylic acids is 2. The Bertz CT molecular complexity index is 997. The maximum absolute atomic E-state index is 13.5. The number of piperidine rings is 1. The van der Waals surface area contributed by atoms with Crippen molar-refractivity contribution in [1.29, 1.82) is 0 Å². The molecular formula is C32H47N3O3. The van der Waals surface area contributed by atoms with Crippen LogP contribution in [-0.2, 0) is 21.5 Å². The molecule has 38 heavy (non-hydrogen) atoms. The van der Waals surface area contributed by atoms with Gasteiger partial charge < -0.3 is 19.4 Å². The molecule has 6 nitrogen and oxygen atoms in total. The molecular weight excluding hydrogens is 474 g/mol. The van der Waals surface area contributed by atoms with E-state index < -0.39 is 0 Å². The summed E-state index contributed by atoms with van der Waals surface area (Å²) in [6.07, 6.45) is 14.7. The molecule has 0 N–H and O–H groups in total. The van der Waals surface area contributed by atoms with E-state index in [2.05, 4.69) is 39.0 Å². The van der Waals surface area contributed by atoms with E-state index in [1.807, 2.05) is 6.92 Å². The number of nitrogens with zero attached hydrogens (tertiary/aromatic N) is 3. The van der Waals surface area contributed by atoms with Crippen LogP contribution >= 0.6 is 0 Å². The number of benzene rings is 1. The van der Waals surface area contributed by atoms with Gasteiger partial charge in [0.05, 0.1) is 6.61 Å². The Morgan fingerprint density at radius 1 is 0.895 bits per heavy atom. The Kier molecular flexibility index (Phi) is 7.70. The van der Waals surface area contributed by atoms with Gasteiger partial charge >= 0.3 is 6.09 Å². The van der Waals surface area contributed by atoms with Crippen LogP contribution in [0.2, 0.25) is 0 Å². The molecule has 3 unspecified atom stereocenters. The van der Waals surface area contributed by atoms with Gasteiger partial charge in [0.2, 0.25) is 5.91 Å². The van der Waals surface area contributed by atoms with Crippen LogP contribution in [0.25, 0.3) is 0 Å². The summed E-state index contributed by atoms with van der Waals surface area (Å²) in [6.45, 7) is 6.21. The van der Waals surface area contributed by atoms with E-state index in [9.17, 15) is 9.59 Å². The third-order valence-electron chi connectivity index (χ3n) is 10.7. The lowest BCUT2D eigenvalue weighted by Crippen LogP contribution is -2.55. The zero-order valence-corrected chi connectivity index (χ0v) is 23.4. The minimum Gasteiger partial charge on any atom is -0.450 e. The van der Waals surface area contributed by atoms with Gasteiger partial charge in [-0.1, -0.05) is 49.9 Å². The highest BCUT2D eigenvalue weighted by Crippen LogP contribution is 2.44.